The van der Waals surface area contributed by atoms with Crippen LogP contribution in [-0.4, -0.2) is 18.4 Å². The highest BCUT2D eigenvalue weighted by Crippen LogP contribution is 2.22. The van der Waals surface area contributed by atoms with Gasteiger partial charge >= 0.3 is 5.97 Å². The maximum Gasteiger partial charge on any atom is 0.325 e. The maximum atomic E-state index is 11.9. The van der Waals surface area contributed by atoms with E-state index in [1.165, 1.54) is 18.2 Å². The summed E-state index contributed by atoms with van der Waals surface area (Å²) in [5, 5.41) is 12.0. The molecule has 1 amide bonds. The molecule has 0 aliphatic carbocycles. The molecule has 0 spiro atoms. The predicted molar refractivity (Wildman–Crippen MR) is 89.7 cm³/mol. The number of nitrogens with zero attached hydrogens (tertiary/aromatic N) is 1. The number of halogens is 2. The number of benzene rings is 2. The molecule has 0 heterocycles. The van der Waals surface area contributed by atoms with Gasteiger partial charge in [0.05, 0.1) is 21.7 Å². The van der Waals surface area contributed by atoms with E-state index in [0.29, 0.717) is 16.1 Å². The van der Waals surface area contributed by atoms with Crippen molar-refractivity contribution in [3.05, 3.63) is 69.2 Å². The summed E-state index contributed by atoms with van der Waals surface area (Å²) in [6.07, 6.45) is 0. The Kier molecular flexibility index (Phi) is 6.19. The Morgan fingerprint density at radius 3 is 2.58 bits per heavy atom. The second-order valence-corrected chi connectivity index (χ2v) is 5.56. The van der Waals surface area contributed by atoms with E-state index in [-0.39, 0.29) is 23.7 Å². The van der Waals surface area contributed by atoms with Crippen molar-refractivity contribution in [2.24, 2.45) is 0 Å². The van der Waals surface area contributed by atoms with Crippen LogP contribution in [0.25, 0.3) is 0 Å². The number of nitriles is 1. The Labute approximate surface area is 148 Å². The van der Waals surface area contributed by atoms with Gasteiger partial charge < -0.3 is 10.1 Å². The molecule has 0 unspecified atom stereocenters. The summed E-state index contributed by atoms with van der Waals surface area (Å²) in [7, 11) is 0. The van der Waals surface area contributed by atoms with E-state index in [9.17, 15) is 9.59 Å². The summed E-state index contributed by atoms with van der Waals surface area (Å²) in [5.74, 6) is -1.08. The molecule has 0 aliphatic heterocycles. The fraction of sp³-hybridized carbons (Fsp3) is 0.118. The van der Waals surface area contributed by atoms with Crippen molar-refractivity contribution in [1.29, 1.82) is 5.26 Å². The van der Waals surface area contributed by atoms with Gasteiger partial charge in [0, 0.05) is 11.1 Å². The monoisotopic (exact) mass is 362 g/mol. The molecule has 0 saturated heterocycles. The van der Waals surface area contributed by atoms with Crippen LogP contribution >= 0.6 is 23.2 Å². The van der Waals surface area contributed by atoms with E-state index in [1.54, 1.807) is 24.3 Å². The van der Waals surface area contributed by atoms with Crippen LogP contribution in [-0.2, 0) is 16.1 Å². The van der Waals surface area contributed by atoms with Crippen molar-refractivity contribution < 1.29 is 14.3 Å². The molecule has 122 valence electrons. The Bertz CT molecular complexity index is 816. The minimum atomic E-state index is -0.615. The highest BCUT2D eigenvalue weighted by Gasteiger charge is 2.11. The smallest absolute Gasteiger partial charge is 0.325 e. The van der Waals surface area contributed by atoms with Crippen LogP contribution in [0.1, 0.15) is 21.5 Å². The topological polar surface area (TPSA) is 79.2 Å². The van der Waals surface area contributed by atoms with E-state index < -0.39 is 11.9 Å². The van der Waals surface area contributed by atoms with Gasteiger partial charge in [-0.3, -0.25) is 9.59 Å². The number of hydrogen-bond acceptors (Lipinski definition) is 4. The first kappa shape index (κ1) is 17.8. The summed E-state index contributed by atoms with van der Waals surface area (Å²) in [4.78, 5) is 23.6. The zero-order chi connectivity index (χ0) is 17.5. The molecule has 1 N–H and O–H groups in total. The van der Waals surface area contributed by atoms with E-state index in [1.807, 2.05) is 6.07 Å². The number of nitrogens with one attached hydrogen (secondary N) is 1. The number of esters is 1. The number of rotatable bonds is 5. The summed E-state index contributed by atoms with van der Waals surface area (Å²) < 4.78 is 5.05. The molecule has 2 rings (SSSR count). The van der Waals surface area contributed by atoms with Crippen molar-refractivity contribution in [1.82, 2.24) is 5.32 Å². The third-order valence-electron chi connectivity index (χ3n) is 3.10. The van der Waals surface area contributed by atoms with Gasteiger partial charge in [0.25, 0.3) is 5.91 Å². The molecule has 0 atom stereocenters. The first-order valence-corrected chi connectivity index (χ1v) is 7.63. The molecular formula is C17H12Cl2N2O3. The summed E-state index contributed by atoms with van der Waals surface area (Å²) in [5.41, 5.74) is 1.32. The largest absolute Gasteiger partial charge is 0.459 e. The third kappa shape index (κ3) is 4.72. The summed E-state index contributed by atoms with van der Waals surface area (Å²) in [6.45, 7) is -0.334. The molecule has 0 saturated carbocycles. The Morgan fingerprint density at radius 1 is 1.12 bits per heavy atom. The van der Waals surface area contributed by atoms with Gasteiger partial charge in [0.1, 0.15) is 13.2 Å². The van der Waals surface area contributed by atoms with Gasteiger partial charge in [-0.2, -0.15) is 5.26 Å². The molecule has 2 aromatic rings. The van der Waals surface area contributed by atoms with Gasteiger partial charge in [-0.05, 0) is 24.3 Å². The lowest BCUT2D eigenvalue weighted by Gasteiger charge is -2.08. The van der Waals surface area contributed by atoms with Gasteiger partial charge in [0.15, 0.2) is 0 Å². The molecule has 0 aliphatic rings. The minimum Gasteiger partial charge on any atom is -0.459 e. The number of carbonyl (C=O) groups is 2. The zero-order valence-corrected chi connectivity index (χ0v) is 13.9. The van der Waals surface area contributed by atoms with Gasteiger partial charge in [-0.15, -0.1) is 0 Å². The molecule has 0 bridgehead atoms. The quantitative estimate of drug-likeness (QED) is 0.827. The lowest BCUT2D eigenvalue weighted by atomic mass is 10.1. The second kappa shape index (κ2) is 8.34. The SMILES string of the molecule is N#Cc1ccccc1COC(=O)CNC(=O)c1ccc(Cl)c(Cl)c1. The average molecular weight is 363 g/mol. The Morgan fingerprint density at radius 2 is 1.88 bits per heavy atom. The molecule has 0 fully saturated rings. The first-order chi connectivity index (χ1) is 11.5. The zero-order valence-electron chi connectivity index (χ0n) is 12.4. The van der Waals surface area contributed by atoms with Crippen molar-refractivity contribution in [2.45, 2.75) is 6.61 Å². The van der Waals surface area contributed by atoms with Crippen LogP contribution in [0, 0.1) is 11.3 Å². The van der Waals surface area contributed by atoms with Gasteiger partial charge in [-0.25, -0.2) is 0 Å². The van der Waals surface area contributed by atoms with Crippen LogP contribution in [0.3, 0.4) is 0 Å². The van der Waals surface area contributed by atoms with E-state index in [2.05, 4.69) is 5.32 Å². The predicted octanol–water partition coefficient (Wildman–Crippen LogP) is 3.34. The molecule has 2 aromatic carbocycles. The van der Waals surface area contributed by atoms with Crippen molar-refractivity contribution in [3.63, 3.8) is 0 Å². The fourth-order valence-corrected chi connectivity index (χ4v) is 2.15. The summed E-state index contributed by atoms with van der Waals surface area (Å²) >= 11 is 11.6. The Hall–Kier alpha value is -2.55. The average Bonchev–Trinajstić information content (AvgIpc) is 2.60. The molecular weight excluding hydrogens is 351 g/mol. The minimum absolute atomic E-state index is 0.0365. The van der Waals surface area contributed by atoms with Gasteiger partial charge in [-0.1, -0.05) is 41.4 Å². The normalized spacial score (nSPS) is 9.88. The number of carbonyl (C=O) groups excluding carboxylic acids is 2. The fourth-order valence-electron chi connectivity index (χ4n) is 1.86. The van der Waals surface area contributed by atoms with Crippen LogP contribution in [0.5, 0.6) is 0 Å². The van der Waals surface area contributed by atoms with Crippen molar-refractivity contribution in [2.75, 3.05) is 6.54 Å². The lowest BCUT2D eigenvalue weighted by Crippen LogP contribution is -2.30. The summed E-state index contributed by atoms with van der Waals surface area (Å²) in [6, 6.07) is 13.2. The van der Waals surface area contributed by atoms with Crippen LogP contribution in [0.4, 0.5) is 0 Å². The van der Waals surface area contributed by atoms with Crippen LogP contribution in [0.2, 0.25) is 10.0 Å². The number of ether oxygens (including phenoxy) is 1. The van der Waals surface area contributed by atoms with Gasteiger partial charge in [0.2, 0.25) is 0 Å². The highest BCUT2D eigenvalue weighted by atomic mass is 35.5. The lowest BCUT2D eigenvalue weighted by molar-refractivity contribution is -0.143. The third-order valence-corrected chi connectivity index (χ3v) is 3.84. The van der Waals surface area contributed by atoms with Crippen LogP contribution < -0.4 is 5.32 Å². The molecule has 5 nitrogen and oxygen atoms in total. The van der Waals surface area contributed by atoms with Crippen molar-refractivity contribution in [3.8, 4) is 6.07 Å². The maximum absolute atomic E-state index is 11.9. The van der Waals surface area contributed by atoms with E-state index >= 15 is 0 Å². The molecule has 24 heavy (non-hydrogen) atoms. The number of amides is 1. The standard InChI is InChI=1S/C17H12Cl2N2O3/c18-14-6-5-11(7-15(14)19)17(23)21-9-16(22)24-10-13-4-2-1-3-12(13)8-20/h1-7H,9-10H2,(H,21,23). The second-order valence-electron chi connectivity index (χ2n) is 4.74. The molecule has 0 radical (unpaired) electrons. The number of hydrogen-bond donors (Lipinski definition) is 1. The first-order valence-electron chi connectivity index (χ1n) is 6.88. The molecule has 0 aromatic heterocycles. The van der Waals surface area contributed by atoms with Crippen molar-refractivity contribution >= 4 is 35.1 Å². The van der Waals surface area contributed by atoms with E-state index in [4.69, 9.17) is 33.2 Å². The van der Waals surface area contributed by atoms with E-state index in [0.717, 1.165) is 0 Å². The van der Waals surface area contributed by atoms with Crippen LogP contribution in [0.15, 0.2) is 42.5 Å². The Balaban J connectivity index is 1.86. The highest BCUT2D eigenvalue weighted by molar-refractivity contribution is 6.42. The molecule has 7 heteroatoms.